The molecule has 20 heavy (non-hydrogen) atoms. The Labute approximate surface area is 122 Å². The molecule has 1 rings (SSSR count). The summed E-state index contributed by atoms with van der Waals surface area (Å²) >= 11 is 0. The van der Waals surface area contributed by atoms with E-state index in [0.29, 0.717) is 12.5 Å². The third-order valence-electron chi connectivity index (χ3n) is 2.97. The van der Waals surface area contributed by atoms with Crippen LogP contribution < -0.4 is 10.2 Å². The van der Waals surface area contributed by atoms with E-state index >= 15 is 0 Å². The summed E-state index contributed by atoms with van der Waals surface area (Å²) in [5, 5.41) is 13.4. The van der Waals surface area contributed by atoms with Gasteiger partial charge < -0.3 is 15.3 Å². The summed E-state index contributed by atoms with van der Waals surface area (Å²) < 4.78 is 0. The van der Waals surface area contributed by atoms with Crippen LogP contribution in [0.5, 0.6) is 0 Å². The Morgan fingerprint density at radius 3 is 2.50 bits per heavy atom. The first-order chi connectivity index (χ1) is 9.26. The fourth-order valence-corrected chi connectivity index (χ4v) is 2.26. The van der Waals surface area contributed by atoms with Gasteiger partial charge in [-0.3, -0.25) is 0 Å². The zero-order valence-corrected chi connectivity index (χ0v) is 13.6. The number of anilines is 2. The minimum Gasteiger partial charge on any atom is -0.389 e. The number of aromatic nitrogens is 2. The molecule has 0 radical (unpaired) electrons. The highest BCUT2D eigenvalue weighted by molar-refractivity contribution is 5.60. The molecule has 1 aromatic heterocycles. The Morgan fingerprint density at radius 1 is 1.35 bits per heavy atom. The van der Waals surface area contributed by atoms with E-state index in [0.717, 1.165) is 30.2 Å². The average molecular weight is 280 g/mol. The lowest BCUT2D eigenvalue weighted by atomic mass is 10.0. The largest absolute Gasteiger partial charge is 0.389 e. The minimum absolute atomic E-state index is 0.315. The van der Waals surface area contributed by atoms with Crippen LogP contribution in [0, 0.1) is 0 Å². The molecule has 0 fully saturated rings. The fourth-order valence-electron chi connectivity index (χ4n) is 2.26. The first-order valence-corrected chi connectivity index (χ1v) is 7.28. The molecule has 0 saturated heterocycles. The number of likely N-dealkylation sites (N-methyl/N-ethyl adjacent to an activating group) is 1. The summed E-state index contributed by atoms with van der Waals surface area (Å²) in [6.07, 6.45) is 2.64. The number of hydrogen-bond donors (Lipinski definition) is 2. The van der Waals surface area contributed by atoms with E-state index < -0.39 is 5.60 Å². The molecule has 0 bridgehead atoms. The third-order valence-corrected chi connectivity index (χ3v) is 2.97. The first-order valence-electron chi connectivity index (χ1n) is 7.28. The Morgan fingerprint density at radius 2 is 2.00 bits per heavy atom. The van der Waals surface area contributed by atoms with Gasteiger partial charge in [0.25, 0.3) is 0 Å². The summed E-state index contributed by atoms with van der Waals surface area (Å²) in [7, 11) is 1.95. The van der Waals surface area contributed by atoms with Gasteiger partial charge in [0.2, 0.25) is 0 Å². The van der Waals surface area contributed by atoms with Crippen LogP contribution in [0.4, 0.5) is 11.6 Å². The molecule has 0 unspecified atom stereocenters. The van der Waals surface area contributed by atoms with Gasteiger partial charge in [-0.15, -0.1) is 0 Å². The molecular weight excluding hydrogens is 252 g/mol. The zero-order valence-electron chi connectivity index (χ0n) is 13.6. The molecule has 0 aliphatic heterocycles. The maximum atomic E-state index is 9.99. The van der Waals surface area contributed by atoms with Crippen LogP contribution in [0.15, 0.2) is 6.33 Å². The van der Waals surface area contributed by atoms with E-state index in [1.807, 2.05) is 11.9 Å². The average Bonchev–Trinajstić information content (AvgIpc) is 2.33. The summed E-state index contributed by atoms with van der Waals surface area (Å²) in [6.45, 7) is 11.4. The minimum atomic E-state index is -0.759. The number of rotatable bonds is 7. The van der Waals surface area contributed by atoms with Crippen LogP contribution in [0.2, 0.25) is 0 Å². The third kappa shape index (κ3) is 4.63. The molecule has 0 atom stereocenters. The van der Waals surface area contributed by atoms with Crippen molar-refractivity contribution in [2.24, 2.45) is 0 Å². The summed E-state index contributed by atoms with van der Waals surface area (Å²) in [5.74, 6) is 2.10. The normalized spacial score (nSPS) is 11.8. The van der Waals surface area contributed by atoms with Crippen molar-refractivity contribution in [3.63, 3.8) is 0 Å². The van der Waals surface area contributed by atoms with E-state index in [9.17, 15) is 5.11 Å². The van der Waals surface area contributed by atoms with Crippen LogP contribution in [-0.4, -0.2) is 40.8 Å². The number of aliphatic hydroxyl groups is 1. The molecule has 0 saturated carbocycles. The van der Waals surface area contributed by atoms with Gasteiger partial charge in [-0.1, -0.05) is 20.8 Å². The van der Waals surface area contributed by atoms with Crippen LogP contribution in [-0.2, 0) is 0 Å². The monoisotopic (exact) mass is 280 g/mol. The van der Waals surface area contributed by atoms with Gasteiger partial charge in [-0.05, 0) is 26.2 Å². The highest BCUT2D eigenvalue weighted by Gasteiger charge is 2.22. The van der Waals surface area contributed by atoms with Crippen molar-refractivity contribution in [3.05, 3.63) is 11.9 Å². The van der Waals surface area contributed by atoms with Gasteiger partial charge in [-0.2, -0.15) is 0 Å². The zero-order chi connectivity index (χ0) is 15.3. The van der Waals surface area contributed by atoms with Crippen molar-refractivity contribution < 1.29 is 5.11 Å². The molecule has 2 N–H and O–H groups in total. The van der Waals surface area contributed by atoms with E-state index in [-0.39, 0.29) is 0 Å². The van der Waals surface area contributed by atoms with Gasteiger partial charge in [0.1, 0.15) is 18.0 Å². The quantitative estimate of drug-likeness (QED) is 0.804. The molecular formula is C15H28N4O. The molecule has 0 amide bonds. The molecule has 114 valence electrons. The number of nitrogens with one attached hydrogen (secondary N) is 1. The summed E-state index contributed by atoms with van der Waals surface area (Å²) in [4.78, 5) is 10.8. The molecule has 0 spiro atoms. The Hall–Kier alpha value is -1.36. The van der Waals surface area contributed by atoms with Crippen LogP contribution >= 0.6 is 0 Å². The lowest BCUT2D eigenvalue weighted by Crippen LogP contribution is -2.37. The van der Waals surface area contributed by atoms with E-state index in [1.54, 1.807) is 20.2 Å². The molecule has 5 nitrogen and oxygen atoms in total. The van der Waals surface area contributed by atoms with Crippen molar-refractivity contribution in [1.82, 2.24) is 9.97 Å². The van der Waals surface area contributed by atoms with E-state index in [2.05, 4.69) is 36.1 Å². The van der Waals surface area contributed by atoms with E-state index in [1.165, 1.54) is 0 Å². The number of hydrogen-bond acceptors (Lipinski definition) is 5. The lowest BCUT2D eigenvalue weighted by molar-refractivity contribution is 0.0884. The van der Waals surface area contributed by atoms with Gasteiger partial charge in [0.05, 0.1) is 5.60 Å². The van der Waals surface area contributed by atoms with Gasteiger partial charge >= 0.3 is 0 Å². The van der Waals surface area contributed by atoms with Crippen LogP contribution in [0.25, 0.3) is 0 Å². The predicted octanol–water partition coefficient (Wildman–Crippen LogP) is 2.63. The van der Waals surface area contributed by atoms with Gasteiger partial charge in [0, 0.05) is 25.7 Å². The standard InChI is InChI=1S/C15H28N4O/c1-7-8-16-13-12(11(2)3)14(18-10-17-13)19(6)9-15(4,5)20/h10-11,20H,7-9H2,1-6H3,(H,16,17,18). The second-order valence-corrected chi connectivity index (χ2v) is 6.21. The summed E-state index contributed by atoms with van der Waals surface area (Å²) in [6, 6.07) is 0. The topological polar surface area (TPSA) is 61.3 Å². The van der Waals surface area contributed by atoms with Crippen molar-refractivity contribution >= 4 is 11.6 Å². The van der Waals surface area contributed by atoms with Gasteiger partial charge in [-0.25, -0.2) is 9.97 Å². The second-order valence-electron chi connectivity index (χ2n) is 6.21. The maximum absolute atomic E-state index is 9.99. The van der Waals surface area contributed by atoms with Gasteiger partial charge in [0.15, 0.2) is 0 Å². The summed E-state index contributed by atoms with van der Waals surface area (Å²) in [5.41, 5.74) is 0.345. The molecule has 5 heteroatoms. The molecule has 0 aromatic carbocycles. The SMILES string of the molecule is CCCNc1ncnc(N(C)CC(C)(C)O)c1C(C)C. The van der Waals surface area contributed by atoms with Crippen LogP contribution in [0.3, 0.4) is 0 Å². The highest BCUT2D eigenvalue weighted by atomic mass is 16.3. The van der Waals surface area contributed by atoms with Crippen LogP contribution in [0.1, 0.15) is 52.5 Å². The fraction of sp³-hybridized carbons (Fsp3) is 0.733. The molecule has 0 aliphatic carbocycles. The van der Waals surface area contributed by atoms with E-state index in [4.69, 9.17) is 0 Å². The Bertz CT molecular complexity index is 426. The predicted molar refractivity (Wildman–Crippen MR) is 84.5 cm³/mol. The molecule has 1 aromatic rings. The Kier molecular flexibility index (Phi) is 5.74. The maximum Gasteiger partial charge on any atom is 0.137 e. The van der Waals surface area contributed by atoms with Crippen molar-refractivity contribution in [1.29, 1.82) is 0 Å². The first kappa shape index (κ1) is 16.7. The van der Waals surface area contributed by atoms with Crippen molar-refractivity contribution in [2.45, 2.75) is 52.6 Å². The highest BCUT2D eigenvalue weighted by Crippen LogP contribution is 2.30. The second kappa shape index (κ2) is 6.88. The number of nitrogens with zero attached hydrogens (tertiary/aromatic N) is 3. The lowest BCUT2D eigenvalue weighted by Gasteiger charge is -2.29. The van der Waals surface area contributed by atoms with Crippen molar-refractivity contribution in [3.8, 4) is 0 Å². The Balaban J connectivity index is 3.11. The molecule has 1 heterocycles. The molecule has 0 aliphatic rings. The smallest absolute Gasteiger partial charge is 0.137 e. The van der Waals surface area contributed by atoms with Crippen molar-refractivity contribution in [2.75, 3.05) is 30.4 Å².